The molecule has 0 radical (unpaired) electrons. The highest BCUT2D eigenvalue weighted by Crippen LogP contribution is 2.28. The Hall–Kier alpha value is -1.78. The normalized spacial score (nSPS) is 14.3. The quantitative estimate of drug-likeness (QED) is 0.847. The van der Waals surface area contributed by atoms with Crippen LogP contribution < -0.4 is 15.0 Å². The van der Waals surface area contributed by atoms with E-state index in [2.05, 4.69) is 10.3 Å². The third kappa shape index (κ3) is 2.87. The minimum Gasteiger partial charge on any atom is -0.490 e. The number of hydrogen-bond acceptors (Lipinski definition) is 4. The van der Waals surface area contributed by atoms with Crippen LogP contribution in [-0.4, -0.2) is 38.1 Å². The predicted molar refractivity (Wildman–Crippen MR) is 65.6 cm³/mol. The van der Waals surface area contributed by atoms with Gasteiger partial charge < -0.3 is 15.0 Å². The summed E-state index contributed by atoms with van der Waals surface area (Å²) in [6.45, 7) is 0. The number of carbonyl (C=O) groups excluding carboxylic acids is 1. The standard InChI is InChI=1S/C12H17N3O2/c1-13-12(16)10-6-9(17-8-4-5-8)7-11(14-10)15(2)3/h6-8H,4-5H2,1-3H3,(H,13,16). The highest BCUT2D eigenvalue weighted by Gasteiger charge is 2.24. The Morgan fingerprint density at radius 3 is 2.71 bits per heavy atom. The number of aromatic nitrogens is 1. The van der Waals surface area contributed by atoms with Gasteiger partial charge in [0.25, 0.3) is 5.91 Å². The summed E-state index contributed by atoms with van der Waals surface area (Å²) in [5, 5.41) is 2.57. The van der Waals surface area contributed by atoms with E-state index in [9.17, 15) is 4.79 Å². The SMILES string of the molecule is CNC(=O)c1cc(OC2CC2)cc(N(C)C)n1. The summed E-state index contributed by atoms with van der Waals surface area (Å²) in [6, 6.07) is 3.54. The minimum absolute atomic E-state index is 0.200. The van der Waals surface area contributed by atoms with Gasteiger partial charge in [-0.2, -0.15) is 0 Å². The molecule has 1 aromatic heterocycles. The van der Waals surface area contributed by atoms with E-state index in [1.165, 1.54) is 0 Å². The Kier molecular flexibility index (Phi) is 3.17. The maximum Gasteiger partial charge on any atom is 0.269 e. The lowest BCUT2D eigenvalue weighted by Crippen LogP contribution is -2.21. The fourth-order valence-corrected chi connectivity index (χ4v) is 1.41. The zero-order valence-corrected chi connectivity index (χ0v) is 10.4. The van der Waals surface area contributed by atoms with E-state index in [1.807, 2.05) is 25.1 Å². The molecule has 1 aliphatic carbocycles. The molecule has 1 saturated carbocycles. The Bertz CT molecular complexity index is 428. The molecule has 1 amide bonds. The molecular weight excluding hydrogens is 218 g/mol. The van der Waals surface area contributed by atoms with Crippen molar-refractivity contribution in [3.8, 4) is 5.75 Å². The van der Waals surface area contributed by atoms with E-state index in [4.69, 9.17) is 4.74 Å². The van der Waals surface area contributed by atoms with E-state index in [0.717, 1.165) is 18.7 Å². The number of rotatable bonds is 4. The van der Waals surface area contributed by atoms with Crippen LogP contribution in [0.3, 0.4) is 0 Å². The third-order valence-corrected chi connectivity index (χ3v) is 2.53. The molecule has 5 heteroatoms. The lowest BCUT2D eigenvalue weighted by Gasteiger charge is -2.14. The molecule has 1 heterocycles. The highest BCUT2D eigenvalue weighted by atomic mass is 16.5. The van der Waals surface area contributed by atoms with E-state index >= 15 is 0 Å². The molecule has 5 nitrogen and oxygen atoms in total. The number of carbonyl (C=O) groups is 1. The molecule has 0 unspecified atom stereocenters. The van der Waals surface area contributed by atoms with Crippen LogP contribution in [0.25, 0.3) is 0 Å². The molecule has 0 spiro atoms. The van der Waals surface area contributed by atoms with Gasteiger partial charge in [0.1, 0.15) is 17.3 Å². The lowest BCUT2D eigenvalue weighted by molar-refractivity contribution is 0.0957. The topological polar surface area (TPSA) is 54.5 Å². The second kappa shape index (κ2) is 4.61. The molecule has 1 aliphatic rings. The first-order chi connectivity index (χ1) is 8.10. The second-order valence-electron chi connectivity index (χ2n) is 4.34. The minimum atomic E-state index is -0.200. The molecule has 1 N–H and O–H groups in total. The first-order valence-electron chi connectivity index (χ1n) is 5.68. The Balaban J connectivity index is 2.30. The van der Waals surface area contributed by atoms with Gasteiger partial charge in [0.2, 0.25) is 0 Å². The maximum absolute atomic E-state index is 11.6. The van der Waals surface area contributed by atoms with Gasteiger partial charge >= 0.3 is 0 Å². The van der Waals surface area contributed by atoms with Crippen LogP contribution >= 0.6 is 0 Å². The molecule has 92 valence electrons. The van der Waals surface area contributed by atoms with Crippen LogP contribution in [0.2, 0.25) is 0 Å². The molecule has 1 aromatic rings. The average Bonchev–Trinajstić information content (AvgIpc) is 3.11. The van der Waals surface area contributed by atoms with Crippen LogP contribution in [0, 0.1) is 0 Å². The second-order valence-corrected chi connectivity index (χ2v) is 4.34. The average molecular weight is 235 g/mol. The fourth-order valence-electron chi connectivity index (χ4n) is 1.41. The largest absolute Gasteiger partial charge is 0.490 e. The molecule has 0 saturated heterocycles. The summed E-state index contributed by atoms with van der Waals surface area (Å²) < 4.78 is 5.70. The molecule has 17 heavy (non-hydrogen) atoms. The smallest absolute Gasteiger partial charge is 0.269 e. The van der Waals surface area contributed by atoms with Crippen molar-refractivity contribution >= 4 is 11.7 Å². The van der Waals surface area contributed by atoms with Crippen molar-refractivity contribution in [1.82, 2.24) is 10.3 Å². The first-order valence-corrected chi connectivity index (χ1v) is 5.68. The summed E-state index contributed by atoms with van der Waals surface area (Å²) >= 11 is 0. The number of anilines is 1. The summed E-state index contributed by atoms with van der Waals surface area (Å²) in [5.74, 6) is 1.24. The van der Waals surface area contributed by atoms with Crippen molar-refractivity contribution < 1.29 is 9.53 Å². The predicted octanol–water partition coefficient (Wildman–Crippen LogP) is 1.05. The summed E-state index contributed by atoms with van der Waals surface area (Å²) in [4.78, 5) is 17.7. The molecule has 2 rings (SSSR count). The summed E-state index contributed by atoms with van der Waals surface area (Å²) in [5.41, 5.74) is 0.384. The Morgan fingerprint density at radius 1 is 1.47 bits per heavy atom. The zero-order chi connectivity index (χ0) is 12.4. The van der Waals surface area contributed by atoms with Gasteiger partial charge in [-0.1, -0.05) is 0 Å². The first kappa shape index (κ1) is 11.7. The van der Waals surface area contributed by atoms with Crippen molar-refractivity contribution in [2.24, 2.45) is 0 Å². The van der Waals surface area contributed by atoms with Crippen molar-refractivity contribution in [1.29, 1.82) is 0 Å². The van der Waals surface area contributed by atoms with Crippen molar-refractivity contribution in [3.05, 3.63) is 17.8 Å². The van der Waals surface area contributed by atoms with Crippen LogP contribution in [0.1, 0.15) is 23.3 Å². The zero-order valence-electron chi connectivity index (χ0n) is 10.4. The number of nitrogens with zero attached hydrogens (tertiary/aromatic N) is 2. The van der Waals surface area contributed by atoms with E-state index in [0.29, 0.717) is 17.5 Å². The van der Waals surface area contributed by atoms with Crippen LogP contribution in [-0.2, 0) is 0 Å². The van der Waals surface area contributed by atoms with Gasteiger partial charge in [0, 0.05) is 33.3 Å². The summed E-state index contributed by atoms with van der Waals surface area (Å²) in [7, 11) is 5.36. The molecule has 0 aliphatic heterocycles. The number of pyridine rings is 1. The summed E-state index contributed by atoms with van der Waals surface area (Å²) in [6.07, 6.45) is 2.49. The van der Waals surface area contributed by atoms with Gasteiger partial charge in [0.05, 0.1) is 6.10 Å². The molecule has 0 atom stereocenters. The number of ether oxygens (including phenoxy) is 1. The van der Waals surface area contributed by atoms with Crippen LogP contribution in [0.15, 0.2) is 12.1 Å². The van der Waals surface area contributed by atoms with Crippen molar-refractivity contribution in [2.75, 3.05) is 26.0 Å². The monoisotopic (exact) mass is 235 g/mol. The van der Waals surface area contributed by atoms with Crippen LogP contribution in [0.5, 0.6) is 5.75 Å². The van der Waals surface area contributed by atoms with Gasteiger partial charge in [-0.15, -0.1) is 0 Å². The number of nitrogens with one attached hydrogen (secondary N) is 1. The molecule has 0 aromatic carbocycles. The van der Waals surface area contributed by atoms with Crippen molar-refractivity contribution in [2.45, 2.75) is 18.9 Å². The maximum atomic E-state index is 11.6. The number of hydrogen-bond donors (Lipinski definition) is 1. The van der Waals surface area contributed by atoms with Crippen LogP contribution in [0.4, 0.5) is 5.82 Å². The molecule has 1 fully saturated rings. The van der Waals surface area contributed by atoms with Gasteiger partial charge in [-0.25, -0.2) is 4.98 Å². The van der Waals surface area contributed by atoms with Gasteiger partial charge in [-0.3, -0.25) is 4.79 Å². The Labute approximate surface area is 101 Å². The lowest BCUT2D eigenvalue weighted by atomic mass is 10.3. The van der Waals surface area contributed by atoms with Gasteiger partial charge in [0.15, 0.2) is 0 Å². The molecular formula is C12H17N3O2. The number of amides is 1. The highest BCUT2D eigenvalue weighted by molar-refractivity contribution is 5.92. The Morgan fingerprint density at radius 2 is 2.18 bits per heavy atom. The van der Waals surface area contributed by atoms with Crippen molar-refractivity contribution in [3.63, 3.8) is 0 Å². The van der Waals surface area contributed by atoms with E-state index < -0.39 is 0 Å². The third-order valence-electron chi connectivity index (χ3n) is 2.53. The fraction of sp³-hybridized carbons (Fsp3) is 0.500. The van der Waals surface area contributed by atoms with E-state index in [-0.39, 0.29) is 5.91 Å². The van der Waals surface area contributed by atoms with E-state index in [1.54, 1.807) is 13.1 Å². The van der Waals surface area contributed by atoms with Gasteiger partial charge in [-0.05, 0) is 12.8 Å². The molecule has 0 bridgehead atoms.